The second kappa shape index (κ2) is 5.99. The van der Waals surface area contributed by atoms with Crippen LogP contribution in [0.15, 0.2) is 5.51 Å². The van der Waals surface area contributed by atoms with E-state index < -0.39 is 0 Å². The van der Waals surface area contributed by atoms with E-state index in [0.717, 1.165) is 12.5 Å². The Bertz CT molecular complexity index is 302. The molecule has 0 bridgehead atoms. The van der Waals surface area contributed by atoms with Crippen LogP contribution in [-0.2, 0) is 4.79 Å². The number of hydrogen-bond acceptors (Lipinski definition) is 5. The summed E-state index contributed by atoms with van der Waals surface area (Å²) in [6, 6.07) is 0. The summed E-state index contributed by atoms with van der Waals surface area (Å²) >= 11 is 1.32. The lowest BCUT2D eigenvalue weighted by Gasteiger charge is -2.02. The Morgan fingerprint density at radius 1 is 1.60 bits per heavy atom. The molecule has 0 radical (unpaired) electrons. The second-order valence-electron chi connectivity index (χ2n) is 3.37. The van der Waals surface area contributed by atoms with Crippen LogP contribution in [0.5, 0.6) is 0 Å². The SMILES string of the molecule is Cl.O=C(CNCC1CC1)Nc1nncs1. The first-order chi connectivity index (χ1) is 6.84. The maximum absolute atomic E-state index is 11.3. The van der Waals surface area contributed by atoms with Gasteiger partial charge in [-0.2, -0.15) is 0 Å². The lowest BCUT2D eigenvalue weighted by Crippen LogP contribution is -2.29. The molecule has 0 unspecified atom stereocenters. The van der Waals surface area contributed by atoms with Crippen LogP contribution in [0.2, 0.25) is 0 Å². The Kier molecular flexibility index (Phi) is 4.93. The zero-order chi connectivity index (χ0) is 9.80. The summed E-state index contributed by atoms with van der Waals surface area (Å²) in [6.07, 6.45) is 2.59. The van der Waals surface area contributed by atoms with E-state index in [9.17, 15) is 4.79 Å². The van der Waals surface area contributed by atoms with Gasteiger partial charge in [0.05, 0.1) is 6.54 Å². The Balaban J connectivity index is 0.00000112. The van der Waals surface area contributed by atoms with Gasteiger partial charge in [-0.3, -0.25) is 10.1 Å². The molecule has 1 saturated carbocycles. The molecular formula is C8H13ClN4OS. The van der Waals surface area contributed by atoms with Crippen molar-refractivity contribution >= 4 is 34.8 Å². The maximum Gasteiger partial charge on any atom is 0.240 e. The van der Waals surface area contributed by atoms with Gasteiger partial charge < -0.3 is 5.32 Å². The summed E-state index contributed by atoms with van der Waals surface area (Å²) < 4.78 is 0. The van der Waals surface area contributed by atoms with Crippen molar-refractivity contribution in [2.45, 2.75) is 12.8 Å². The first-order valence-electron chi connectivity index (χ1n) is 4.61. The highest BCUT2D eigenvalue weighted by molar-refractivity contribution is 7.13. The van der Waals surface area contributed by atoms with Crippen molar-refractivity contribution in [1.29, 1.82) is 0 Å². The number of nitrogens with one attached hydrogen (secondary N) is 2. The van der Waals surface area contributed by atoms with Crippen molar-refractivity contribution in [3.8, 4) is 0 Å². The molecule has 1 aromatic rings. The molecule has 15 heavy (non-hydrogen) atoms. The fourth-order valence-electron chi connectivity index (χ4n) is 1.10. The fraction of sp³-hybridized carbons (Fsp3) is 0.625. The van der Waals surface area contributed by atoms with E-state index in [1.807, 2.05) is 0 Å². The molecule has 0 aliphatic heterocycles. The number of hydrogen-bond donors (Lipinski definition) is 2. The predicted molar refractivity (Wildman–Crippen MR) is 61.4 cm³/mol. The second-order valence-corrected chi connectivity index (χ2v) is 4.20. The van der Waals surface area contributed by atoms with Crippen molar-refractivity contribution < 1.29 is 4.79 Å². The summed E-state index contributed by atoms with van der Waals surface area (Å²) in [5.74, 6) is 0.742. The van der Waals surface area contributed by atoms with Crippen LogP contribution in [0.3, 0.4) is 0 Å². The highest BCUT2D eigenvalue weighted by Gasteiger charge is 2.20. The van der Waals surface area contributed by atoms with E-state index in [-0.39, 0.29) is 18.3 Å². The van der Waals surface area contributed by atoms with Gasteiger partial charge in [0, 0.05) is 0 Å². The molecule has 0 spiro atoms. The number of amides is 1. The third-order valence-corrected chi connectivity index (χ3v) is 2.63. The molecule has 7 heteroatoms. The highest BCUT2D eigenvalue weighted by Crippen LogP contribution is 2.27. The summed E-state index contributed by atoms with van der Waals surface area (Å²) in [5.41, 5.74) is 1.59. The van der Waals surface area contributed by atoms with Gasteiger partial charge >= 0.3 is 0 Å². The van der Waals surface area contributed by atoms with Crippen molar-refractivity contribution in [3.63, 3.8) is 0 Å². The minimum Gasteiger partial charge on any atom is -0.308 e. The van der Waals surface area contributed by atoms with Gasteiger partial charge in [0.25, 0.3) is 0 Å². The molecule has 0 saturated heterocycles. The zero-order valence-electron chi connectivity index (χ0n) is 8.10. The number of halogens is 1. The fourth-order valence-corrected chi connectivity index (χ4v) is 1.56. The van der Waals surface area contributed by atoms with Gasteiger partial charge in [0.1, 0.15) is 5.51 Å². The summed E-state index contributed by atoms with van der Waals surface area (Å²) in [6.45, 7) is 1.31. The van der Waals surface area contributed by atoms with Crippen LogP contribution in [0.25, 0.3) is 0 Å². The first kappa shape index (κ1) is 12.4. The normalized spacial score (nSPS) is 14.4. The molecule has 2 N–H and O–H groups in total. The summed E-state index contributed by atoms with van der Waals surface area (Å²) in [7, 11) is 0. The average molecular weight is 249 g/mol. The van der Waals surface area contributed by atoms with E-state index in [1.165, 1.54) is 24.2 Å². The standard InChI is InChI=1S/C8H12N4OS.ClH/c13-7(4-9-3-6-1-2-6)11-8-12-10-5-14-8;/h5-6,9H,1-4H2,(H,11,12,13);1H. The first-order valence-corrected chi connectivity index (χ1v) is 5.49. The predicted octanol–water partition coefficient (Wildman–Crippen LogP) is 0.898. The van der Waals surface area contributed by atoms with Crippen LogP contribution >= 0.6 is 23.7 Å². The number of nitrogens with zero attached hydrogens (tertiary/aromatic N) is 2. The van der Waals surface area contributed by atoms with Gasteiger partial charge in [0.15, 0.2) is 0 Å². The van der Waals surface area contributed by atoms with E-state index in [0.29, 0.717) is 11.7 Å². The van der Waals surface area contributed by atoms with Crippen molar-refractivity contribution in [1.82, 2.24) is 15.5 Å². The molecule has 84 valence electrons. The number of rotatable bonds is 5. The Morgan fingerprint density at radius 3 is 3.00 bits per heavy atom. The molecule has 1 aliphatic carbocycles. The van der Waals surface area contributed by atoms with Crippen LogP contribution in [0.4, 0.5) is 5.13 Å². The van der Waals surface area contributed by atoms with E-state index in [2.05, 4.69) is 20.8 Å². The molecule has 2 rings (SSSR count). The van der Waals surface area contributed by atoms with Gasteiger partial charge in [0.2, 0.25) is 11.0 Å². The number of carbonyl (C=O) groups is 1. The minimum absolute atomic E-state index is 0. The average Bonchev–Trinajstić information content (AvgIpc) is 2.83. The van der Waals surface area contributed by atoms with Gasteiger partial charge in [-0.25, -0.2) is 0 Å². The van der Waals surface area contributed by atoms with Crippen molar-refractivity contribution in [2.75, 3.05) is 18.4 Å². The van der Waals surface area contributed by atoms with Crippen molar-refractivity contribution in [3.05, 3.63) is 5.51 Å². The van der Waals surface area contributed by atoms with E-state index in [4.69, 9.17) is 0 Å². The van der Waals surface area contributed by atoms with E-state index >= 15 is 0 Å². The van der Waals surface area contributed by atoms with Crippen LogP contribution in [0, 0.1) is 5.92 Å². The van der Waals surface area contributed by atoms with Gasteiger partial charge in [-0.15, -0.1) is 22.6 Å². The molecule has 1 fully saturated rings. The zero-order valence-corrected chi connectivity index (χ0v) is 9.74. The highest BCUT2D eigenvalue weighted by atomic mass is 35.5. The monoisotopic (exact) mass is 248 g/mol. The number of anilines is 1. The van der Waals surface area contributed by atoms with Crippen molar-refractivity contribution in [2.24, 2.45) is 5.92 Å². The molecule has 0 atom stereocenters. The molecule has 1 heterocycles. The topological polar surface area (TPSA) is 66.9 Å². The molecule has 1 aromatic heterocycles. The Hall–Kier alpha value is -0.720. The Labute approximate surface area is 98.1 Å². The molecule has 5 nitrogen and oxygen atoms in total. The Morgan fingerprint density at radius 2 is 2.40 bits per heavy atom. The lowest BCUT2D eigenvalue weighted by atomic mass is 10.4. The number of aromatic nitrogens is 2. The lowest BCUT2D eigenvalue weighted by molar-refractivity contribution is -0.115. The smallest absolute Gasteiger partial charge is 0.240 e. The van der Waals surface area contributed by atoms with E-state index in [1.54, 1.807) is 5.51 Å². The number of carbonyl (C=O) groups excluding carboxylic acids is 1. The molecule has 0 aromatic carbocycles. The summed E-state index contributed by atoms with van der Waals surface area (Å²) in [5, 5.41) is 13.7. The van der Waals surface area contributed by atoms with Crippen LogP contribution < -0.4 is 10.6 Å². The van der Waals surface area contributed by atoms with Crippen LogP contribution in [-0.4, -0.2) is 29.2 Å². The van der Waals surface area contributed by atoms with Gasteiger partial charge in [-0.05, 0) is 25.3 Å². The maximum atomic E-state index is 11.3. The van der Waals surface area contributed by atoms with Crippen LogP contribution in [0.1, 0.15) is 12.8 Å². The molecule has 1 aliphatic rings. The third-order valence-electron chi connectivity index (χ3n) is 2.02. The van der Waals surface area contributed by atoms with Gasteiger partial charge in [-0.1, -0.05) is 11.3 Å². The third kappa shape index (κ3) is 4.55. The largest absolute Gasteiger partial charge is 0.308 e. The molecule has 1 amide bonds. The molecular weight excluding hydrogens is 236 g/mol. The quantitative estimate of drug-likeness (QED) is 0.813. The summed E-state index contributed by atoms with van der Waals surface area (Å²) in [4.78, 5) is 11.3. The minimum atomic E-state index is -0.0533.